The van der Waals surface area contributed by atoms with Gasteiger partial charge in [-0.3, -0.25) is 0 Å². The molecule has 0 saturated carbocycles. The maximum absolute atomic E-state index is 13.5. The fourth-order valence-electron chi connectivity index (χ4n) is 8.93. The summed E-state index contributed by atoms with van der Waals surface area (Å²) in [6, 6.07) is 22.3. The van der Waals surface area contributed by atoms with Crippen LogP contribution in [0.4, 0.5) is 61.4 Å². The number of imidazole rings is 3. The molecular formula is C55H49Cl3F6N20O2. The van der Waals surface area contributed by atoms with E-state index in [9.17, 15) is 31.4 Å². The van der Waals surface area contributed by atoms with Crippen LogP contribution in [0.5, 0.6) is 0 Å². The number of anilines is 6. The topological polar surface area (TPSA) is 250 Å². The molecule has 0 bridgehead atoms. The molecule has 2 saturated heterocycles. The second-order valence-corrected chi connectivity index (χ2v) is 19.9. The van der Waals surface area contributed by atoms with Gasteiger partial charge in [0.25, 0.3) is 0 Å². The van der Waals surface area contributed by atoms with E-state index in [2.05, 4.69) is 61.2 Å². The Kier molecular flexibility index (Phi) is 18.9. The molecule has 2 fully saturated rings. The van der Waals surface area contributed by atoms with E-state index in [-0.39, 0.29) is 23.2 Å². The number of nitrogens with two attached hydrogens (primary N) is 1. The van der Waals surface area contributed by atoms with Gasteiger partial charge in [-0.2, -0.15) is 9.97 Å². The summed E-state index contributed by atoms with van der Waals surface area (Å²) in [6.45, 7) is 2.22. The number of nitrogen functional groups attached to an aromatic ring is 1. The number of benzene rings is 3. The minimum atomic E-state index is -0.923. The van der Waals surface area contributed by atoms with Crippen molar-refractivity contribution in [1.82, 2.24) is 77.8 Å². The van der Waals surface area contributed by atoms with E-state index < -0.39 is 34.9 Å². The van der Waals surface area contributed by atoms with Gasteiger partial charge in [0.05, 0.1) is 37.8 Å². The number of nitrogens with zero attached hydrogens (tertiary/aromatic N) is 16. The molecule has 3 aromatic carbocycles. The average molecular weight is 1240 g/mol. The number of fused-ring (bicyclic) bond motifs is 3. The van der Waals surface area contributed by atoms with Crippen molar-refractivity contribution in [3.05, 3.63) is 198 Å². The monoisotopic (exact) mass is 1240 g/mol. The fourth-order valence-corrected chi connectivity index (χ4v) is 9.53. The summed E-state index contributed by atoms with van der Waals surface area (Å²) >= 11 is 17.2. The van der Waals surface area contributed by atoms with Crippen molar-refractivity contribution >= 4 is 86.4 Å². The Morgan fingerprint density at radius 1 is 0.547 bits per heavy atom. The first-order valence-corrected chi connectivity index (χ1v) is 27.2. The Labute approximate surface area is 498 Å². The third kappa shape index (κ3) is 14.4. The van der Waals surface area contributed by atoms with E-state index in [0.29, 0.717) is 69.9 Å². The van der Waals surface area contributed by atoms with E-state index in [1.807, 2.05) is 47.5 Å². The van der Waals surface area contributed by atoms with E-state index >= 15 is 0 Å². The maximum Gasteiger partial charge on any atom is 0.245 e. The summed E-state index contributed by atoms with van der Waals surface area (Å²) in [6.07, 6.45) is 18.8. The number of aliphatic hydroxyl groups is 2. The van der Waals surface area contributed by atoms with Crippen LogP contribution in [0.1, 0.15) is 25.7 Å². The van der Waals surface area contributed by atoms with E-state index in [0.717, 1.165) is 85.3 Å². The van der Waals surface area contributed by atoms with Gasteiger partial charge in [0, 0.05) is 66.4 Å². The molecule has 11 heterocycles. The van der Waals surface area contributed by atoms with Crippen LogP contribution in [0, 0.1) is 34.9 Å². The molecule has 86 heavy (non-hydrogen) atoms. The normalized spacial score (nSPS) is 14.5. The highest BCUT2D eigenvalue weighted by Gasteiger charge is 2.27. The van der Waals surface area contributed by atoms with Crippen molar-refractivity contribution in [2.45, 2.75) is 37.8 Å². The van der Waals surface area contributed by atoms with Crippen molar-refractivity contribution in [3.63, 3.8) is 0 Å². The highest BCUT2D eigenvalue weighted by Crippen LogP contribution is 2.28. The molecule has 14 rings (SSSR count). The molecule has 7 N–H and O–H groups in total. The first-order chi connectivity index (χ1) is 41.6. The first kappa shape index (κ1) is 59.8. The molecule has 2 atom stereocenters. The number of hydrogen-bond acceptors (Lipinski definition) is 16. The van der Waals surface area contributed by atoms with Crippen LogP contribution < -0.4 is 26.6 Å². The zero-order chi connectivity index (χ0) is 60.4. The molecule has 12 aromatic rings. The number of rotatable bonds is 10. The van der Waals surface area contributed by atoms with Crippen LogP contribution in [-0.2, 0) is 0 Å². The summed E-state index contributed by atoms with van der Waals surface area (Å²) in [5.74, 6) is -2.55. The number of halogens is 9. The molecule has 0 spiro atoms. The smallest absolute Gasteiger partial charge is 0.245 e. The minimum Gasteiger partial charge on any atom is -0.395 e. The molecule has 31 heteroatoms. The summed E-state index contributed by atoms with van der Waals surface area (Å²) in [5, 5.41) is 40.6. The highest BCUT2D eigenvalue weighted by molar-refractivity contribution is 6.34. The lowest BCUT2D eigenvalue weighted by molar-refractivity contribution is 0.255. The Morgan fingerprint density at radius 3 is 1.51 bits per heavy atom. The lowest BCUT2D eigenvalue weighted by atomic mass is 10.2. The van der Waals surface area contributed by atoms with Crippen molar-refractivity contribution in [3.8, 4) is 17.1 Å². The van der Waals surface area contributed by atoms with Gasteiger partial charge < -0.3 is 50.5 Å². The van der Waals surface area contributed by atoms with Crippen LogP contribution >= 0.6 is 34.8 Å². The lowest BCUT2D eigenvalue weighted by Crippen LogP contribution is -2.34. The van der Waals surface area contributed by atoms with E-state index in [1.165, 1.54) is 54.4 Å². The van der Waals surface area contributed by atoms with Crippen molar-refractivity contribution in [1.29, 1.82) is 0 Å². The number of aromatic nitrogens is 15. The SMILES string of the molecule is Clc1nc(Cl)c2cccn2n1.Fc1ccc(-n2cnc(Nc3nc(Cl)nn4cccc34)c2)cc1F.Nc1cn(-c2ccc(F)c(F)c2)cn1.OC[C@@H]1CCCN1.OC[C@@H]1CCCN1c1nc(Nc2cn(-c3ccc(F)c(F)c3)cn2)c2cccn2n1. The largest absolute Gasteiger partial charge is 0.395 e. The van der Waals surface area contributed by atoms with Crippen LogP contribution in [0.2, 0.25) is 15.7 Å². The van der Waals surface area contributed by atoms with Gasteiger partial charge in [-0.1, -0.05) is 11.6 Å². The van der Waals surface area contributed by atoms with Crippen LogP contribution in [0.15, 0.2) is 147 Å². The standard InChI is InChI=1S/C20H19F2N7O.C15H9ClF2N6.C9H7F2N3.C6H3Cl2N3.C5H11NO/c21-15-6-5-13(9-16(15)22)27-10-18(23-12-27)24-19-17-4-2-8-29(17)26-20(25-19)28-7-1-3-14(28)11-30;16-15-21-14(12-2-1-5-24(12)22-15)20-13-7-23(8-19-13)9-3-4-10(17)11(18)6-9;10-7-2-1-6(3-8(7)11)14-4-9(12)13-5-14;7-5-4-2-1-3-11(4)10-6(8)9-5;7-4-5-2-1-3-6-5/h2,4-6,8-10,12,14,30H,1,3,7,11H2,(H,24,25,26);1-8H,(H,20,21,22);1-5H,12H2;1-3H;5-7H,1-4H2/t14-;;;;5-/m0...0/s1. The molecule has 0 radical (unpaired) electrons. The lowest BCUT2D eigenvalue weighted by Gasteiger charge is -2.23. The predicted octanol–water partition coefficient (Wildman–Crippen LogP) is 9.99. The summed E-state index contributed by atoms with van der Waals surface area (Å²) < 4.78 is 88.1. The van der Waals surface area contributed by atoms with E-state index in [1.54, 1.807) is 47.5 Å². The molecule has 2 aliphatic heterocycles. The predicted molar refractivity (Wildman–Crippen MR) is 311 cm³/mol. The quantitative estimate of drug-likeness (QED) is 0.0697. The summed E-state index contributed by atoms with van der Waals surface area (Å²) in [7, 11) is 0. The molecule has 22 nitrogen and oxygen atoms in total. The Morgan fingerprint density at radius 2 is 1.03 bits per heavy atom. The van der Waals surface area contributed by atoms with Crippen molar-refractivity contribution in [2.75, 3.05) is 47.6 Å². The average Bonchev–Trinajstić information content (AvgIpc) is 3.91. The summed E-state index contributed by atoms with van der Waals surface area (Å²) in [5.41, 5.74) is 9.01. The second-order valence-electron chi connectivity index (χ2n) is 18.9. The van der Waals surface area contributed by atoms with Gasteiger partial charge >= 0.3 is 0 Å². The zero-order valence-electron chi connectivity index (χ0n) is 44.7. The molecule has 444 valence electrons. The Bertz CT molecular complexity index is 4260. The maximum atomic E-state index is 13.5. The molecule has 2 aliphatic rings. The van der Waals surface area contributed by atoms with Gasteiger partial charge in [0.2, 0.25) is 16.5 Å². The fraction of sp³-hybridized carbons (Fsp3) is 0.182. The van der Waals surface area contributed by atoms with Crippen LogP contribution in [0.3, 0.4) is 0 Å². The van der Waals surface area contributed by atoms with Gasteiger partial charge in [0.1, 0.15) is 53.0 Å². The first-order valence-electron chi connectivity index (χ1n) is 26.1. The van der Waals surface area contributed by atoms with Crippen LogP contribution in [-0.4, -0.2) is 121 Å². The molecule has 0 amide bonds. The van der Waals surface area contributed by atoms with E-state index in [4.69, 9.17) is 45.6 Å². The molecule has 9 aromatic heterocycles. The number of aliphatic hydroxyl groups excluding tert-OH is 2. The number of nitrogens with one attached hydrogen (secondary N) is 3. The second kappa shape index (κ2) is 27.2. The summed E-state index contributed by atoms with van der Waals surface area (Å²) in [4.78, 5) is 26.8. The van der Waals surface area contributed by atoms with Gasteiger partial charge in [0.15, 0.2) is 51.7 Å². The van der Waals surface area contributed by atoms with Gasteiger partial charge in [-0.15, -0.1) is 15.3 Å². The third-order valence-electron chi connectivity index (χ3n) is 13.2. The Hall–Kier alpha value is -9.32. The minimum absolute atomic E-state index is 0.00144. The molecule has 0 aliphatic carbocycles. The highest BCUT2D eigenvalue weighted by atomic mass is 35.5. The van der Waals surface area contributed by atoms with Crippen molar-refractivity contribution in [2.24, 2.45) is 0 Å². The van der Waals surface area contributed by atoms with Crippen molar-refractivity contribution < 1.29 is 36.6 Å². The van der Waals surface area contributed by atoms with Gasteiger partial charge in [-0.05, 0) is 128 Å². The molecular weight excluding hydrogens is 1190 g/mol. The van der Waals surface area contributed by atoms with Gasteiger partial charge in [-0.25, -0.2) is 59.8 Å². The third-order valence-corrected chi connectivity index (χ3v) is 13.8. The number of hydrogen-bond donors (Lipinski definition) is 6. The Balaban J connectivity index is 0.000000130. The molecule has 0 unspecified atom stereocenters. The zero-order valence-corrected chi connectivity index (χ0v) is 47.0. The van der Waals surface area contributed by atoms with Crippen LogP contribution in [0.25, 0.3) is 33.6 Å².